The molecule has 0 aromatic heterocycles. The number of esters is 2. The SMILES string of the molecule is CCCCCCOCC(COc1c2ccccc2c(OCC(COCCCCCC)OC(=O)CCCCC)c2cc(CC)ccc12)OC(=O)CCCCC. The van der Waals surface area contributed by atoms with Gasteiger partial charge in [0.25, 0.3) is 0 Å². The molecule has 0 heterocycles. The molecule has 0 saturated heterocycles. The maximum Gasteiger partial charge on any atom is 0.306 e. The Morgan fingerprint density at radius 2 is 0.944 bits per heavy atom. The van der Waals surface area contributed by atoms with Crippen molar-refractivity contribution in [2.75, 3.05) is 39.6 Å². The van der Waals surface area contributed by atoms with Gasteiger partial charge in [-0.2, -0.15) is 0 Å². The van der Waals surface area contributed by atoms with Crippen molar-refractivity contribution in [3.05, 3.63) is 48.0 Å². The third-order valence-electron chi connectivity index (χ3n) is 9.68. The van der Waals surface area contributed by atoms with Gasteiger partial charge in [-0.15, -0.1) is 0 Å². The summed E-state index contributed by atoms with van der Waals surface area (Å²) in [5.41, 5.74) is 1.17. The summed E-state index contributed by atoms with van der Waals surface area (Å²) in [7, 11) is 0. The fraction of sp³-hybridized carbons (Fsp3) is 0.652. The van der Waals surface area contributed by atoms with E-state index in [1.54, 1.807) is 0 Å². The molecule has 0 N–H and O–H groups in total. The van der Waals surface area contributed by atoms with Crippen molar-refractivity contribution in [1.82, 2.24) is 0 Å². The summed E-state index contributed by atoms with van der Waals surface area (Å²) < 4.78 is 37.3. The third-order valence-corrected chi connectivity index (χ3v) is 9.68. The molecule has 54 heavy (non-hydrogen) atoms. The van der Waals surface area contributed by atoms with E-state index in [0.717, 1.165) is 105 Å². The largest absolute Gasteiger partial charge is 0.488 e. The second-order valence-corrected chi connectivity index (χ2v) is 14.5. The molecule has 0 saturated carbocycles. The Kier molecular flexibility index (Phi) is 22.7. The molecule has 3 aromatic rings. The van der Waals surface area contributed by atoms with Gasteiger partial charge in [0.1, 0.15) is 24.7 Å². The molecule has 0 bridgehead atoms. The van der Waals surface area contributed by atoms with Gasteiger partial charge in [-0.3, -0.25) is 9.59 Å². The number of benzene rings is 3. The summed E-state index contributed by atoms with van der Waals surface area (Å²) in [6, 6.07) is 14.4. The zero-order valence-corrected chi connectivity index (χ0v) is 34.2. The summed E-state index contributed by atoms with van der Waals surface area (Å²) in [5.74, 6) is 0.986. The number of fused-ring (bicyclic) bond motifs is 2. The third kappa shape index (κ3) is 16.2. The average Bonchev–Trinajstić information content (AvgIpc) is 3.18. The van der Waals surface area contributed by atoms with Gasteiger partial charge in [0.2, 0.25) is 0 Å². The standard InChI is InChI=1S/C46H70O8/c1-6-11-15-21-29-49-32-37(53-43(47)25-17-13-8-3)34-51-45-39-23-19-20-24-40(39)46(42-31-36(10-5)27-28-41(42)45)52-35-38(33-50-30-22-16-12-7-2)54-44(48)26-18-14-9-4/h19-20,23-24,27-28,31,37-38H,6-18,21-22,25-26,29-30,32-35H2,1-5H3. The predicted octanol–water partition coefficient (Wildman–Crippen LogP) is 11.5. The van der Waals surface area contributed by atoms with Crippen LogP contribution in [0.5, 0.6) is 11.5 Å². The number of aryl methyl sites for hydroxylation is 1. The zero-order valence-electron chi connectivity index (χ0n) is 34.2. The van der Waals surface area contributed by atoms with Gasteiger partial charge in [-0.1, -0.05) is 135 Å². The van der Waals surface area contributed by atoms with Crippen LogP contribution in [-0.4, -0.2) is 63.8 Å². The molecule has 0 aliphatic carbocycles. The number of carbonyl (C=O) groups excluding carboxylic acids is 2. The normalized spacial score (nSPS) is 12.5. The van der Waals surface area contributed by atoms with Crippen LogP contribution in [0.3, 0.4) is 0 Å². The molecule has 0 aliphatic rings. The van der Waals surface area contributed by atoms with E-state index in [4.69, 9.17) is 28.4 Å². The number of carbonyl (C=O) groups is 2. The maximum atomic E-state index is 12.9. The van der Waals surface area contributed by atoms with Crippen LogP contribution in [0.2, 0.25) is 0 Å². The molecule has 0 fully saturated rings. The maximum absolute atomic E-state index is 12.9. The van der Waals surface area contributed by atoms with Crippen LogP contribution >= 0.6 is 0 Å². The fourth-order valence-electron chi connectivity index (χ4n) is 6.48. The molecule has 8 nitrogen and oxygen atoms in total. The number of unbranched alkanes of at least 4 members (excludes halogenated alkanes) is 10. The molecule has 0 spiro atoms. The highest BCUT2D eigenvalue weighted by molar-refractivity contribution is 6.11. The van der Waals surface area contributed by atoms with Gasteiger partial charge >= 0.3 is 11.9 Å². The second-order valence-electron chi connectivity index (χ2n) is 14.5. The fourth-order valence-corrected chi connectivity index (χ4v) is 6.48. The summed E-state index contributed by atoms with van der Waals surface area (Å²) in [5, 5.41) is 3.59. The Morgan fingerprint density at radius 3 is 1.41 bits per heavy atom. The van der Waals surface area contributed by atoms with Gasteiger partial charge in [0.15, 0.2) is 12.2 Å². The van der Waals surface area contributed by atoms with Crippen LogP contribution in [0.4, 0.5) is 0 Å². The van der Waals surface area contributed by atoms with Crippen molar-refractivity contribution >= 4 is 33.5 Å². The topological polar surface area (TPSA) is 89.5 Å². The first-order chi connectivity index (χ1) is 26.4. The molecule has 3 rings (SSSR count). The first-order valence-electron chi connectivity index (χ1n) is 21.2. The van der Waals surface area contributed by atoms with Crippen LogP contribution in [0.25, 0.3) is 21.5 Å². The van der Waals surface area contributed by atoms with E-state index in [9.17, 15) is 9.59 Å². The van der Waals surface area contributed by atoms with E-state index < -0.39 is 12.2 Å². The lowest BCUT2D eigenvalue weighted by atomic mass is 9.98. The minimum absolute atomic E-state index is 0.162. The molecular formula is C46H70O8. The van der Waals surface area contributed by atoms with Crippen molar-refractivity contribution in [2.24, 2.45) is 0 Å². The Labute approximate surface area is 325 Å². The van der Waals surface area contributed by atoms with E-state index in [2.05, 4.69) is 52.8 Å². The van der Waals surface area contributed by atoms with Crippen LogP contribution in [0.15, 0.2) is 42.5 Å². The van der Waals surface area contributed by atoms with E-state index in [-0.39, 0.29) is 38.4 Å². The Bertz CT molecular complexity index is 1490. The van der Waals surface area contributed by atoms with Gasteiger partial charge in [-0.05, 0) is 43.7 Å². The molecule has 0 radical (unpaired) electrons. The lowest BCUT2D eigenvalue weighted by Crippen LogP contribution is -2.30. The van der Waals surface area contributed by atoms with E-state index in [1.165, 1.54) is 18.4 Å². The van der Waals surface area contributed by atoms with Gasteiger partial charge < -0.3 is 28.4 Å². The highest BCUT2D eigenvalue weighted by atomic mass is 16.6. The smallest absolute Gasteiger partial charge is 0.306 e. The number of rotatable bonds is 31. The summed E-state index contributed by atoms with van der Waals surface area (Å²) in [6.07, 6.45) is 15.1. The van der Waals surface area contributed by atoms with Crippen molar-refractivity contribution in [3.8, 4) is 11.5 Å². The summed E-state index contributed by atoms with van der Waals surface area (Å²) >= 11 is 0. The Balaban J connectivity index is 1.89. The number of hydrogen-bond acceptors (Lipinski definition) is 8. The van der Waals surface area contributed by atoms with Crippen LogP contribution < -0.4 is 9.47 Å². The molecule has 0 aliphatic heterocycles. The lowest BCUT2D eigenvalue weighted by Gasteiger charge is -2.23. The first-order valence-corrected chi connectivity index (χ1v) is 21.2. The van der Waals surface area contributed by atoms with Crippen molar-refractivity contribution in [1.29, 1.82) is 0 Å². The molecule has 3 aromatic carbocycles. The molecule has 0 amide bonds. The van der Waals surface area contributed by atoms with Gasteiger partial charge in [0, 0.05) is 47.6 Å². The van der Waals surface area contributed by atoms with Gasteiger partial charge in [0.05, 0.1) is 13.2 Å². The van der Waals surface area contributed by atoms with Crippen LogP contribution in [0, 0.1) is 0 Å². The van der Waals surface area contributed by atoms with E-state index in [0.29, 0.717) is 37.6 Å². The minimum atomic E-state index is -0.542. The number of hydrogen-bond donors (Lipinski definition) is 0. The monoisotopic (exact) mass is 751 g/mol. The quantitative estimate of drug-likeness (QED) is 0.0365. The van der Waals surface area contributed by atoms with Crippen molar-refractivity contribution in [3.63, 3.8) is 0 Å². The highest BCUT2D eigenvalue weighted by Gasteiger charge is 2.23. The van der Waals surface area contributed by atoms with E-state index in [1.807, 2.05) is 24.3 Å². The zero-order chi connectivity index (χ0) is 38.8. The Hall–Kier alpha value is -3.36. The average molecular weight is 751 g/mol. The molecule has 2 atom stereocenters. The minimum Gasteiger partial charge on any atom is -0.488 e. The second kappa shape index (κ2) is 27.3. The Morgan fingerprint density at radius 1 is 0.500 bits per heavy atom. The highest BCUT2D eigenvalue weighted by Crippen LogP contribution is 2.43. The predicted molar refractivity (Wildman–Crippen MR) is 220 cm³/mol. The number of ether oxygens (including phenoxy) is 6. The summed E-state index contributed by atoms with van der Waals surface area (Å²) in [4.78, 5) is 25.7. The van der Waals surface area contributed by atoms with Crippen molar-refractivity contribution in [2.45, 2.75) is 156 Å². The summed E-state index contributed by atoms with van der Waals surface area (Å²) in [6.45, 7) is 12.9. The molecular weight excluding hydrogens is 680 g/mol. The first kappa shape index (κ1) is 45.0. The molecule has 8 heteroatoms. The van der Waals surface area contributed by atoms with Gasteiger partial charge in [-0.25, -0.2) is 0 Å². The van der Waals surface area contributed by atoms with Crippen LogP contribution in [0.1, 0.15) is 143 Å². The lowest BCUT2D eigenvalue weighted by molar-refractivity contribution is -0.155. The molecule has 302 valence electrons. The van der Waals surface area contributed by atoms with E-state index >= 15 is 0 Å². The van der Waals surface area contributed by atoms with Crippen molar-refractivity contribution < 1.29 is 38.0 Å². The molecule has 2 unspecified atom stereocenters. The van der Waals surface area contributed by atoms with Crippen LogP contribution in [-0.2, 0) is 35.0 Å².